The van der Waals surface area contributed by atoms with Gasteiger partial charge in [0.15, 0.2) is 0 Å². The minimum Gasteiger partial charge on any atom is -0.384 e. The van der Waals surface area contributed by atoms with Crippen molar-refractivity contribution in [3.8, 4) is 0 Å². The second-order valence-corrected chi connectivity index (χ2v) is 4.55. The number of hydrogen-bond acceptors (Lipinski definition) is 1. The van der Waals surface area contributed by atoms with Crippen molar-refractivity contribution in [2.45, 2.75) is 31.8 Å². The molecule has 0 heterocycles. The van der Waals surface area contributed by atoms with Crippen molar-refractivity contribution >= 4 is 6.08 Å². The summed E-state index contributed by atoms with van der Waals surface area (Å²) in [5, 5.41) is 10.7. The van der Waals surface area contributed by atoms with Crippen molar-refractivity contribution in [2.75, 3.05) is 0 Å². The SMILES string of the molecule is C=CCC(O)(CC=C)C(=C=Cc1ccccc1)CC. The molecule has 0 saturated carbocycles. The Kier molecular flexibility index (Phi) is 6.08. The molecule has 0 spiro atoms. The van der Waals surface area contributed by atoms with Crippen molar-refractivity contribution in [3.63, 3.8) is 0 Å². The molecule has 1 N–H and O–H groups in total. The zero-order valence-electron chi connectivity index (χ0n) is 11.6. The van der Waals surface area contributed by atoms with Gasteiger partial charge in [0.25, 0.3) is 0 Å². The highest BCUT2D eigenvalue weighted by atomic mass is 16.3. The van der Waals surface area contributed by atoms with E-state index < -0.39 is 5.60 Å². The van der Waals surface area contributed by atoms with E-state index >= 15 is 0 Å². The molecule has 0 aromatic heterocycles. The molecule has 0 aliphatic rings. The van der Waals surface area contributed by atoms with Crippen LogP contribution in [0.25, 0.3) is 6.08 Å². The van der Waals surface area contributed by atoms with Crippen LogP contribution < -0.4 is 0 Å². The van der Waals surface area contributed by atoms with E-state index in [2.05, 4.69) is 18.9 Å². The molecular weight excluding hydrogens is 232 g/mol. The summed E-state index contributed by atoms with van der Waals surface area (Å²) in [7, 11) is 0. The monoisotopic (exact) mass is 254 g/mol. The molecule has 19 heavy (non-hydrogen) atoms. The molecule has 1 aromatic rings. The fourth-order valence-corrected chi connectivity index (χ4v) is 2.09. The van der Waals surface area contributed by atoms with Crippen molar-refractivity contribution in [2.24, 2.45) is 0 Å². The van der Waals surface area contributed by atoms with E-state index in [0.717, 1.165) is 17.6 Å². The lowest BCUT2D eigenvalue weighted by molar-refractivity contribution is 0.0821. The zero-order valence-corrected chi connectivity index (χ0v) is 11.6. The van der Waals surface area contributed by atoms with Crippen LogP contribution in [0.4, 0.5) is 0 Å². The predicted molar refractivity (Wildman–Crippen MR) is 82.8 cm³/mol. The van der Waals surface area contributed by atoms with Gasteiger partial charge in [-0.3, -0.25) is 0 Å². The van der Waals surface area contributed by atoms with E-state index in [9.17, 15) is 5.11 Å². The predicted octanol–water partition coefficient (Wildman–Crippen LogP) is 4.52. The molecule has 0 amide bonds. The Balaban J connectivity index is 3.12. The highest BCUT2D eigenvalue weighted by molar-refractivity contribution is 5.49. The van der Waals surface area contributed by atoms with Crippen molar-refractivity contribution in [3.05, 3.63) is 72.5 Å². The maximum Gasteiger partial charge on any atom is 0.0998 e. The Hall–Kier alpha value is -1.82. The number of rotatable bonds is 7. The first kappa shape index (κ1) is 15.2. The van der Waals surface area contributed by atoms with Crippen LogP contribution in [0.15, 0.2) is 66.9 Å². The average Bonchev–Trinajstić information content (AvgIpc) is 2.41. The minimum atomic E-state index is -0.913. The van der Waals surface area contributed by atoms with E-state index in [0.29, 0.717) is 12.8 Å². The molecule has 0 saturated heterocycles. The van der Waals surface area contributed by atoms with Gasteiger partial charge in [0.2, 0.25) is 0 Å². The fraction of sp³-hybridized carbons (Fsp3) is 0.278. The van der Waals surface area contributed by atoms with Crippen LogP contribution in [0.3, 0.4) is 0 Å². The summed E-state index contributed by atoms with van der Waals surface area (Å²) in [4.78, 5) is 0. The minimum absolute atomic E-state index is 0.512. The number of aliphatic hydroxyl groups is 1. The molecule has 1 rings (SSSR count). The van der Waals surface area contributed by atoms with Crippen molar-refractivity contribution in [1.82, 2.24) is 0 Å². The van der Waals surface area contributed by atoms with Crippen LogP contribution in [0.5, 0.6) is 0 Å². The maximum absolute atomic E-state index is 10.7. The van der Waals surface area contributed by atoms with Crippen LogP contribution >= 0.6 is 0 Å². The molecule has 0 unspecified atom stereocenters. The topological polar surface area (TPSA) is 20.2 Å². The second-order valence-electron chi connectivity index (χ2n) is 4.55. The Morgan fingerprint density at radius 3 is 2.26 bits per heavy atom. The normalized spacial score (nSPS) is 10.4. The summed E-state index contributed by atoms with van der Waals surface area (Å²) in [6.45, 7) is 9.46. The molecule has 100 valence electrons. The third-order valence-electron chi connectivity index (χ3n) is 3.09. The third-order valence-corrected chi connectivity index (χ3v) is 3.09. The molecule has 0 aliphatic carbocycles. The van der Waals surface area contributed by atoms with E-state index in [1.54, 1.807) is 12.2 Å². The zero-order chi connectivity index (χ0) is 14.1. The van der Waals surface area contributed by atoms with Crippen molar-refractivity contribution < 1.29 is 5.11 Å². The van der Waals surface area contributed by atoms with Gasteiger partial charge < -0.3 is 5.11 Å². The summed E-state index contributed by atoms with van der Waals surface area (Å²) in [6, 6.07) is 9.98. The van der Waals surface area contributed by atoms with Gasteiger partial charge in [0.1, 0.15) is 0 Å². The first-order chi connectivity index (χ1) is 9.16. The summed E-state index contributed by atoms with van der Waals surface area (Å²) >= 11 is 0. The van der Waals surface area contributed by atoms with Gasteiger partial charge in [0, 0.05) is 5.57 Å². The standard InChI is InChI=1S/C18H22O/c1-4-14-18(19,15-5-2)17(6-3)13-12-16-10-8-7-9-11-16/h4-5,7-12,19H,1-2,6,14-15H2,3H3. The van der Waals surface area contributed by atoms with Crippen molar-refractivity contribution in [1.29, 1.82) is 0 Å². The van der Waals surface area contributed by atoms with Crippen LogP contribution in [0, 0.1) is 0 Å². The molecular formula is C18H22O. The third kappa shape index (κ3) is 4.40. The maximum atomic E-state index is 10.7. The molecule has 1 aromatic carbocycles. The van der Waals surface area contributed by atoms with Gasteiger partial charge >= 0.3 is 0 Å². The summed E-state index contributed by atoms with van der Waals surface area (Å²) in [6.07, 6.45) is 7.17. The van der Waals surface area contributed by atoms with E-state index in [4.69, 9.17) is 0 Å². The lowest BCUT2D eigenvalue weighted by atomic mass is 9.85. The van der Waals surface area contributed by atoms with Crippen LogP contribution in [-0.2, 0) is 0 Å². The quantitative estimate of drug-likeness (QED) is 0.560. The summed E-state index contributed by atoms with van der Waals surface area (Å²) in [5.41, 5.74) is 4.29. The number of benzene rings is 1. The smallest absolute Gasteiger partial charge is 0.0998 e. The first-order valence-electron chi connectivity index (χ1n) is 6.61. The summed E-state index contributed by atoms with van der Waals surface area (Å²) in [5.74, 6) is 0. The summed E-state index contributed by atoms with van der Waals surface area (Å²) < 4.78 is 0. The lowest BCUT2D eigenvalue weighted by Crippen LogP contribution is -2.29. The molecule has 0 bridgehead atoms. The van der Waals surface area contributed by atoms with E-state index in [1.807, 2.05) is 43.3 Å². The van der Waals surface area contributed by atoms with E-state index in [-0.39, 0.29) is 0 Å². The van der Waals surface area contributed by atoms with Gasteiger partial charge in [-0.2, -0.15) is 0 Å². The Bertz CT molecular complexity index is 466. The molecule has 1 nitrogen and oxygen atoms in total. The Morgan fingerprint density at radius 2 is 1.79 bits per heavy atom. The van der Waals surface area contributed by atoms with Gasteiger partial charge in [-0.05, 0) is 30.9 Å². The van der Waals surface area contributed by atoms with Gasteiger partial charge in [-0.1, -0.05) is 49.4 Å². The lowest BCUT2D eigenvalue weighted by Gasteiger charge is -2.27. The second kappa shape index (κ2) is 7.58. The molecule has 1 heteroatoms. The highest BCUT2D eigenvalue weighted by Gasteiger charge is 2.27. The molecule has 0 aliphatic heterocycles. The van der Waals surface area contributed by atoms with E-state index in [1.165, 1.54) is 0 Å². The first-order valence-corrected chi connectivity index (χ1v) is 6.61. The molecule has 0 atom stereocenters. The van der Waals surface area contributed by atoms with Crippen LogP contribution in [0.2, 0.25) is 0 Å². The fourth-order valence-electron chi connectivity index (χ4n) is 2.09. The Morgan fingerprint density at radius 1 is 1.21 bits per heavy atom. The van der Waals surface area contributed by atoms with Crippen LogP contribution in [0.1, 0.15) is 31.7 Å². The highest BCUT2D eigenvalue weighted by Crippen LogP contribution is 2.27. The number of hydrogen-bond donors (Lipinski definition) is 1. The molecule has 0 fully saturated rings. The van der Waals surface area contributed by atoms with Gasteiger partial charge in [-0.25, -0.2) is 0 Å². The largest absolute Gasteiger partial charge is 0.384 e. The van der Waals surface area contributed by atoms with Crippen LogP contribution in [-0.4, -0.2) is 10.7 Å². The van der Waals surface area contributed by atoms with Gasteiger partial charge in [-0.15, -0.1) is 18.9 Å². The average molecular weight is 254 g/mol. The van der Waals surface area contributed by atoms with Gasteiger partial charge in [0.05, 0.1) is 5.60 Å². The Labute approximate surface area is 116 Å². The molecule has 0 radical (unpaired) electrons.